The van der Waals surface area contributed by atoms with Gasteiger partial charge in [-0.3, -0.25) is 24.6 Å². The fraction of sp³-hybridized carbons (Fsp3) is 0.0556. The van der Waals surface area contributed by atoms with Crippen LogP contribution >= 0.6 is 11.8 Å². The van der Waals surface area contributed by atoms with Crippen LogP contribution in [0.15, 0.2) is 53.4 Å². The molecule has 136 valence electrons. The summed E-state index contributed by atoms with van der Waals surface area (Å²) in [6.45, 7) is -0.0355. The molecule has 0 bridgehead atoms. The average Bonchev–Trinajstić information content (AvgIpc) is 2.90. The van der Waals surface area contributed by atoms with Crippen molar-refractivity contribution in [1.29, 1.82) is 0 Å². The van der Waals surface area contributed by atoms with Gasteiger partial charge in [-0.05, 0) is 35.0 Å². The largest absolute Gasteiger partial charge is 0.545 e. The Kier molecular flexibility index (Phi) is 5.04. The molecule has 3 rings (SSSR count). The number of imide groups is 1. The smallest absolute Gasteiger partial charge is 0.293 e. The van der Waals surface area contributed by atoms with Crippen LogP contribution in [-0.4, -0.2) is 26.9 Å². The Labute approximate surface area is 157 Å². The molecule has 0 saturated carbocycles. The molecule has 2 aromatic carbocycles. The highest BCUT2D eigenvalue weighted by Gasteiger charge is 2.35. The van der Waals surface area contributed by atoms with Gasteiger partial charge in [0.05, 0.1) is 27.9 Å². The highest BCUT2D eigenvalue weighted by molar-refractivity contribution is 8.18. The Bertz CT molecular complexity index is 984. The quantitative estimate of drug-likeness (QED) is 0.441. The number of nitro groups is 1. The Balaban J connectivity index is 1.83. The zero-order chi connectivity index (χ0) is 19.6. The molecule has 9 heteroatoms. The van der Waals surface area contributed by atoms with E-state index in [0.29, 0.717) is 17.3 Å². The molecule has 1 aliphatic heterocycles. The molecule has 0 atom stereocenters. The number of carboxylic acids is 1. The van der Waals surface area contributed by atoms with E-state index in [4.69, 9.17) is 0 Å². The minimum atomic E-state index is -1.32. The zero-order valence-corrected chi connectivity index (χ0v) is 14.5. The first-order valence-electron chi connectivity index (χ1n) is 7.66. The Morgan fingerprint density at radius 3 is 2.41 bits per heavy atom. The van der Waals surface area contributed by atoms with Gasteiger partial charge in [0, 0.05) is 6.07 Å². The van der Waals surface area contributed by atoms with Crippen molar-refractivity contribution in [1.82, 2.24) is 4.90 Å². The molecule has 0 spiro atoms. The first-order valence-corrected chi connectivity index (χ1v) is 8.47. The van der Waals surface area contributed by atoms with Crippen LogP contribution in [0, 0.1) is 10.1 Å². The summed E-state index contributed by atoms with van der Waals surface area (Å²) in [6.07, 6.45) is 1.32. The molecule has 0 N–H and O–H groups in total. The lowest BCUT2D eigenvalue weighted by Gasteiger charge is -2.13. The monoisotopic (exact) mass is 383 g/mol. The maximum Gasteiger partial charge on any atom is 0.293 e. The summed E-state index contributed by atoms with van der Waals surface area (Å²) in [5.74, 6) is -1.88. The van der Waals surface area contributed by atoms with Crippen molar-refractivity contribution in [2.24, 2.45) is 0 Å². The SMILES string of the molecule is O=C([O-])c1ccc(CN2C(=O)S/C(=C\c3ccccc3[N+](=O)[O-])C2=O)cc1. The van der Waals surface area contributed by atoms with Gasteiger partial charge in [-0.15, -0.1) is 0 Å². The molecule has 1 aliphatic rings. The number of amides is 2. The van der Waals surface area contributed by atoms with Crippen molar-refractivity contribution in [3.8, 4) is 0 Å². The first-order chi connectivity index (χ1) is 12.9. The van der Waals surface area contributed by atoms with E-state index in [1.807, 2.05) is 0 Å². The van der Waals surface area contributed by atoms with Crippen molar-refractivity contribution < 1.29 is 24.4 Å². The molecule has 0 radical (unpaired) electrons. The van der Waals surface area contributed by atoms with E-state index in [9.17, 15) is 29.6 Å². The van der Waals surface area contributed by atoms with E-state index in [2.05, 4.69) is 0 Å². The minimum Gasteiger partial charge on any atom is -0.545 e. The lowest BCUT2D eigenvalue weighted by atomic mass is 10.1. The van der Waals surface area contributed by atoms with Crippen molar-refractivity contribution in [3.05, 3.63) is 80.2 Å². The van der Waals surface area contributed by atoms with Crippen LogP contribution in [0.5, 0.6) is 0 Å². The molecule has 8 nitrogen and oxygen atoms in total. The molecule has 2 amide bonds. The number of nitro benzene ring substituents is 1. The molecule has 0 unspecified atom stereocenters. The van der Waals surface area contributed by atoms with Crippen molar-refractivity contribution in [2.75, 3.05) is 0 Å². The molecule has 1 fully saturated rings. The average molecular weight is 383 g/mol. The Morgan fingerprint density at radius 2 is 1.78 bits per heavy atom. The topological polar surface area (TPSA) is 121 Å². The molecular weight excluding hydrogens is 372 g/mol. The predicted molar refractivity (Wildman–Crippen MR) is 95.4 cm³/mol. The number of hydrogen-bond donors (Lipinski definition) is 0. The van der Waals surface area contributed by atoms with E-state index in [1.165, 1.54) is 48.5 Å². The molecule has 1 heterocycles. The van der Waals surface area contributed by atoms with Crippen LogP contribution in [0.3, 0.4) is 0 Å². The fourth-order valence-electron chi connectivity index (χ4n) is 2.48. The van der Waals surface area contributed by atoms with E-state index < -0.39 is 22.0 Å². The molecular formula is C18H11N2O6S-. The maximum atomic E-state index is 12.5. The molecule has 0 aromatic heterocycles. The second kappa shape index (κ2) is 7.42. The predicted octanol–water partition coefficient (Wildman–Crippen LogP) is 2.19. The van der Waals surface area contributed by atoms with Gasteiger partial charge in [0.1, 0.15) is 0 Å². The molecule has 2 aromatic rings. The Hall–Kier alpha value is -3.46. The highest BCUT2D eigenvalue weighted by Crippen LogP contribution is 2.34. The number of nitrogens with zero attached hydrogens (tertiary/aromatic N) is 2. The third-order valence-electron chi connectivity index (χ3n) is 3.82. The number of hydrogen-bond acceptors (Lipinski definition) is 7. The maximum absolute atomic E-state index is 12.5. The van der Waals surface area contributed by atoms with Gasteiger partial charge in [-0.2, -0.15) is 0 Å². The van der Waals surface area contributed by atoms with Crippen molar-refractivity contribution >= 4 is 40.6 Å². The van der Waals surface area contributed by atoms with Crippen LogP contribution in [0.2, 0.25) is 0 Å². The number of carboxylic acid groups (broad SMARTS) is 1. The van der Waals surface area contributed by atoms with Crippen molar-refractivity contribution in [2.45, 2.75) is 6.54 Å². The fourth-order valence-corrected chi connectivity index (χ4v) is 3.31. The highest BCUT2D eigenvalue weighted by atomic mass is 32.2. The third-order valence-corrected chi connectivity index (χ3v) is 4.73. The van der Waals surface area contributed by atoms with Gasteiger partial charge >= 0.3 is 0 Å². The number of benzene rings is 2. The number of para-hydroxylation sites is 1. The third kappa shape index (κ3) is 3.87. The summed E-state index contributed by atoms with van der Waals surface area (Å²) in [5, 5.41) is 21.3. The van der Waals surface area contributed by atoms with E-state index in [0.717, 1.165) is 4.90 Å². The normalized spacial score (nSPS) is 15.4. The number of rotatable bonds is 5. The summed E-state index contributed by atoms with van der Waals surface area (Å²) < 4.78 is 0. The zero-order valence-electron chi connectivity index (χ0n) is 13.7. The van der Waals surface area contributed by atoms with Crippen LogP contribution < -0.4 is 5.11 Å². The summed E-state index contributed by atoms with van der Waals surface area (Å²) >= 11 is 0.696. The number of aromatic carboxylic acids is 1. The Morgan fingerprint density at radius 1 is 1.11 bits per heavy atom. The lowest BCUT2D eigenvalue weighted by Crippen LogP contribution is -2.27. The standard InChI is InChI=1S/C18H12N2O6S/c21-16-15(9-13-3-1-2-4-14(13)20(25)26)27-18(24)19(16)10-11-5-7-12(8-6-11)17(22)23/h1-9H,10H2,(H,22,23)/p-1/b15-9-. The number of carbonyl (C=O) groups excluding carboxylic acids is 3. The molecule has 1 saturated heterocycles. The summed E-state index contributed by atoms with van der Waals surface area (Å²) in [5.41, 5.74) is 0.617. The van der Waals surface area contributed by atoms with Crippen LogP contribution in [0.25, 0.3) is 6.08 Å². The van der Waals surface area contributed by atoms with Gasteiger partial charge < -0.3 is 9.90 Å². The van der Waals surface area contributed by atoms with Crippen LogP contribution in [0.4, 0.5) is 10.5 Å². The van der Waals surface area contributed by atoms with Gasteiger partial charge in [0.15, 0.2) is 0 Å². The lowest BCUT2D eigenvalue weighted by molar-refractivity contribution is -0.385. The van der Waals surface area contributed by atoms with E-state index in [1.54, 1.807) is 6.07 Å². The van der Waals surface area contributed by atoms with Crippen molar-refractivity contribution in [3.63, 3.8) is 0 Å². The molecule has 0 aliphatic carbocycles. The molecule has 27 heavy (non-hydrogen) atoms. The second-order valence-corrected chi connectivity index (χ2v) is 6.56. The summed E-state index contributed by atoms with van der Waals surface area (Å²) in [4.78, 5) is 47.1. The van der Waals surface area contributed by atoms with Gasteiger partial charge in [-0.1, -0.05) is 36.4 Å². The van der Waals surface area contributed by atoms with Gasteiger partial charge in [0.2, 0.25) is 0 Å². The summed E-state index contributed by atoms with van der Waals surface area (Å²) in [7, 11) is 0. The second-order valence-electron chi connectivity index (χ2n) is 5.57. The van der Waals surface area contributed by atoms with Crippen LogP contribution in [0.1, 0.15) is 21.5 Å². The first kappa shape index (κ1) is 18.3. The minimum absolute atomic E-state index is 0.0100. The van der Waals surface area contributed by atoms with Gasteiger partial charge in [-0.25, -0.2) is 0 Å². The van der Waals surface area contributed by atoms with E-state index >= 15 is 0 Å². The van der Waals surface area contributed by atoms with Crippen LogP contribution in [-0.2, 0) is 11.3 Å². The number of thioether (sulfide) groups is 1. The summed E-state index contributed by atoms with van der Waals surface area (Å²) in [6, 6.07) is 11.5. The number of carbonyl (C=O) groups is 3. The van der Waals surface area contributed by atoms with Gasteiger partial charge in [0.25, 0.3) is 16.8 Å². The van der Waals surface area contributed by atoms with E-state index in [-0.39, 0.29) is 28.3 Å².